The van der Waals surface area contributed by atoms with Crippen molar-refractivity contribution in [3.8, 4) is 5.75 Å². The van der Waals surface area contributed by atoms with Crippen molar-refractivity contribution in [3.05, 3.63) is 29.3 Å². The molecule has 21 heavy (non-hydrogen) atoms. The first kappa shape index (κ1) is 15.8. The number of rotatable bonds is 4. The number of aliphatic hydroxyl groups is 1. The molecule has 1 fully saturated rings. The van der Waals surface area contributed by atoms with Crippen molar-refractivity contribution in [2.45, 2.75) is 45.1 Å². The third kappa shape index (κ3) is 3.97. The lowest BCUT2D eigenvalue weighted by molar-refractivity contribution is -0.133. The van der Waals surface area contributed by atoms with E-state index in [0.717, 1.165) is 49.1 Å². The normalized spacial score (nSPS) is 19.2. The number of likely N-dealkylation sites (tertiary alicyclic amines) is 1. The van der Waals surface area contributed by atoms with Gasteiger partial charge in [-0.25, -0.2) is 0 Å². The molecule has 1 aliphatic heterocycles. The molecule has 1 atom stereocenters. The van der Waals surface area contributed by atoms with Crippen molar-refractivity contribution >= 4 is 5.91 Å². The molecule has 4 heteroatoms. The Morgan fingerprint density at radius 2 is 2.19 bits per heavy atom. The molecule has 1 N–H and O–H groups in total. The summed E-state index contributed by atoms with van der Waals surface area (Å²) in [6, 6.07) is 5.86. The van der Waals surface area contributed by atoms with E-state index in [1.807, 2.05) is 30.0 Å². The maximum Gasteiger partial charge on any atom is 0.227 e. The monoisotopic (exact) mass is 291 g/mol. The lowest BCUT2D eigenvalue weighted by Gasteiger charge is -2.29. The van der Waals surface area contributed by atoms with Gasteiger partial charge in [-0.3, -0.25) is 4.79 Å². The fraction of sp³-hybridized carbons (Fsp3) is 0.588. The highest BCUT2D eigenvalue weighted by atomic mass is 16.5. The number of aryl methyl sites for hydroxylation is 1. The third-order valence-corrected chi connectivity index (χ3v) is 4.19. The van der Waals surface area contributed by atoms with E-state index in [-0.39, 0.29) is 18.6 Å². The van der Waals surface area contributed by atoms with E-state index >= 15 is 0 Å². The van der Waals surface area contributed by atoms with Crippen LogP contribution in [0, 0.1) is 6.92 Å². The van der Waals surface area contributed by atoms with Gasteiger partial charge in [0.1, 0.15) is 5.75 Å². The van der Waals surface area contributed by atoms with Gasteiger partial charge >= 0.3 is 0 Å². The zero-order valence-corrected chi connectivity index (χ0v) is 13.0. The second-order valence-electron chi connectivity index (χ2n) is 5.76. The van der Waals surface area contributed by atoms with Crippen LogP contribution >= 0.6 is 0 Å². The van der Waals surface area contributed by atoms with E-state index in [2.05, 4.69) is 0 Å². The molecule has 0 spiro atoms. The molecule has 1 heterocycles. The number of benzene rings is 1. The molecular formula is C17H25NO3. The van der Waals surface area contributed by atoms with Crippen LogP contribution in [0.15, 0.2) is 18.2 Å². The molecule has 1 aromatic carbocycles. The number of carbonyl (C=O) groups is 1. The maximum atomic E-state index is 12.6. The van der Waals surface area contributed by atoms with E-state index < -0.39 is 0 Å². The number of ether oxygens (including phenoxy) is 1. The Morgan fingerprint density at radius 1 is 1.38 bits per heavy atom. The zero-order chi connectivity index (χ0) is 15.2. The molecule has 0 aromatic heterocycles. The van der Waals surface area contributed by atoms with Crippen LogP contribution in [0.4, 0.5) is 0 Å². The molecule has 4 nitrogen and oxygen atoms in total. The van der Waals surface area contributed by atoms with Crippen LogP contribution in [0.2, 0.25) is 0 Å². The summed E-state index contributed by atoms with van der Waals surface area (Å²) in [5, 5.41) is 9.53. The minimum atomic E-state index is -0.0317. The molecule has 1 unspecified atom stereocenters. The highest BCUT2D eigenvalue weighted by Crippen LogP contribution is 2.23. The minimum Gasteiger partial charge on any atom is -0.496 e. The molecule has 0 aliphatic carbocycles. The van der Waals surface area contributed by atoms with Crippen molar-refractivity contribution in [1.29, 1.82) is 0 Å². The molecule has 1 aliphatic rings. The van der Waals surface area contributed by atoms with Crippen molar-refractivity contribution in [2.24, 2.45) is 0 Å². The summed E-state index contributed by atoms with van der Waals surface area (Å²) in [6.45, 7) is 2.81. The summed E-state index contributed by atoms with van der Waals surface area (Å²) in [7, 11) is 1.63. The van der Waals surface area contributed by atoms with Crippen LogP contribution in [0.5, 0.6) is 5.75 Å². The molecule has 1 amide bonds. The Labute approximate surface area is 126 Å². The van der Waals surface area contributed by atoms with Gasteiger partial charge < -0.3 is 14.7 Å². The first-order chi connectivity index (χ1) is 10.2. The van der Waals surface area contributed by atoms with Crippen molar-refractivity contribution in [1.82, 2.24) is 4.90 Å². The number of hydrogen-bond acceptors (Lipinski definition) is 3. The molecule has 0 radical (unpaired) electrons. The lowest BCUT2D eigenvalue weighted by atomic mass is 10.1. The molecule has 0 saturated carbocycles. The Kier molecular flexibility index (Phi) is 5.62. The van der Waals surface area contributed by atoms with E-state index in [1.165, 1.54) is 0 Å². The van der Waals surface area contributed by atoms with E-state index in [0.29, 0.717) is 6.42 Å². The SMILES string of the molecule is COc1ccc(C)cc1CC(=O)N1CCCCCC1CO. The number of nitrogens with zero attached hydrogens (tertiary/aromatic N) is 1. The lowest BCUT2D eigenvalue weighted by Crippen LogP contribution is -2.42. The standard InChI is InChI=1S/C17H25NO3/c1-13-7-8-16(21-2)14(10-13)11-17(20)18-9-5-3-4-6-15(18)12-19/h7-8,10,15,19H,3-6,9,11-12H2,1-2H3. The first-order valence-corrected chi connectivity index (χ1v) is 7.69. The van der Waals surface area contributed by atoms with Crippen LogP contribution in [0.25, 0.3) is 0 Å². The van der Waals surface area contributed by atoms with Gasteiger partial charge in [-0.2, -0.15) is 0 Å². The number of carbonyl (C=O) groups excluding carboxylic acids is 1. The second kappa shape index (κ2) is 7.46. The topological polar surface area (TPSA) is 49.8 Å². The van der Waals surface area contributed by atoms with Gasteiger partial charge in [0.2, 0.25) is 5.91 Å². The Morgan fingerprint density at radius 3 is 2.90 bits per heavy atom. The van der Waals surface area contributed by atoms with Crippen LogP contribution in [-0.4, -0.2) is 42.2 Å². The minimum absolute atomic E-state index is 0.0317. The van der Waals surface area contributed by atoms with Crippen LogP contribution in [-0.2, 0) is 11.2 Å². The van der Waals surface area contributed by atoms with Crippen LogP contribution in [0.3, 0.4) is 0 Å². The Balaban J connectivity index is 2.14. The summed E-state index contributed by atoms with van der Waals surface area (Å²) in [5.41, 5.74) is 2.04. The van der Waals surface area contributed by atoms with Crippen molar-refractivity contribution < 1.29 is 14.6 Å². The first-order valence-electron chi connectivity index (χ1n) is 7.69. The van der Waals surface area contributed by atoms with Gasteiger partial charge in [0, 0.05) is 12.1 Å². The molecular weight excluding hydrogens is 266 g/mol. The quantitative estimate of drug-likeness (QED) is 0.926. The summed E-state index contributed by atoms with van der Waals surface area (Å²) in [5.74, 6) is 0.837. The average Bonchev–Trinajstić information content (AvgIpc) is 2.72. The van der Waals surface area contributed by atoms with Crippen LogP contribution < -0.4 is 4.74 Å². The molecule has 1 saturated heterocycles. The largest absolute Gasteiger partial charge is 0.496 e. The smallest absolute Gasteiger partial charge is 0.227 e. The highest BCUT2D eigenvalue weighted by molar-refractivity contribution is 5.80. The summed E-state index contributed by atoms with van der Waals surface area (Å²) >= 11 is 0. The maximum absolute atomic E-state index is 12.6. The molecule has 0 bridgehead atoms. The van der Waals surface area contributed by atoms with E-state index in [9.17, 15) is 9.90 Å². The van der Waals surface area contributed by atoms with Gasteiger partial charge in [-0.05, 0) is 25.8 Å². The molecule has 116 valence electrons. The number of aliphatic hydroxyl groups excluding tert-OH is 1. The predicted molar refractivity (Wildman–Crippen MR) is 82.5 cm³/mol. The van der Waals surface area contributed by atoms with Gasteiger partial charge in [0.25, 0.3) is 0 Å². The summed E-state index contributed by atoms with van der Waals surface area (Å²) < 4.78 is 5.35. The summed E-state index contributed by atoms with van der Waals surface area (Å²) in [6.07, 6.45) is 4.47. The summed E-state index contributed by atoms with van der Waals surface area (Å²) in [4.78, 5) is 14.5. The van der Waals surface area contributed by atoms with E-state index in [4.69, 9.17) is 4.74 Å². The zero-order valence-electron chi connectivity index (χ0n) is 13.0. The average molecular weight is 291 g/mol. The second-order valence-corrected chi connectivity index (χ2v) is 5.76. The fourth-order valence-electron chi connectivity index (χ4n) is 3.01. The Hall–Kier alpha value is -1.55. The molecule has 1 aromatic rings. The number of hydrogen-bond donors (Lipinski definition) is 1. The Bertz CT molecular complexity index is 487. The van der Waals surface area contributed by atoms with Gasteiger partial charge in [-0.1, -0.05) is 30.5 Å². The molecule has 2 rings (SSSR count). The highest BCUT2D eigenvalue weighted by Gasteiger charge is 2.25. The predicted octanol–water partition coefficient (Wildman–Crippen LogP) is 2.31. The van der Waals surface area contributed by atoms with Gasteiger partial charge in [0.05, 0.1) is 26.2 Å². The number of amides is 1. The third-order valence-electron chi connectivity index (χ3n) is 4.19. The van der Waals surface area contributed by atoms with Crippen molar-refractivity contribution in [3.63, 3.8) is 0 Å². The number of methoxy groups -OCH3 is 1. The van der Waals surface area contributed by atoms with Gasteiger partial charge in [-0.15, -0.1) is 0 Å². The van der Waals surface area contributed by atoms with E-state index in [1.54, 1.807) is 7.11 Å². The van der Waals surface area contributed by atoms with Gasteiger partial charge in [0.15, 0.2) is 0 Å². The fourth-order valence-corrected chi connectivity index (χ4v) is 3.01. The van der Waals surface area contributed by atoms with Crippen LogP contribution in [0.1, 0.15) is 36.8 Å². The van der Waals surface area contributed by atoms with Crippen molar-refractivity contribution in [2.75, 3.05) is 20.3 Å².